The normalized spacial score (nSPS) is 22.8. The zero-order valence-electron chi connectivity index (χ0n) is 12.9. The van der Waals surface area contributed by atoms with Gasteiger partial charge in [-0.15, -0.1) is 0 Å². The van der Waals surface area contributed by atoms with E-state index >= 15 is 0 Å². The SMILES string of the molecule is O=C(/C=C/c1cccc(F)c1)N1CCC[C@H]1CN1CCCC1. The van der Waals surface area contributed by atoms with E-state index in [0.717, 1.165) is 44.6 Å². The molecule has 0 aliphatic carbocycles. The van der Waals surface area contributed by atoms with E-state index < -0.39 is 0 Å². The third kappa shape index (κ3) is 3.74. The summed E-state index contributed by atoms with van der Waals surface area (Å²) in [4.78, 5) is 16.9. The van der Waals surface area contributed by atoms with Gasteiger partial charge in [-0.05, 0) is 62.5 Å². The fourth-order valence-corrected chi connectivity index (χ4v) is 3.45. The first-order valence-electron chi connectivity index (χ1n) is 8.19. The van der Waals surface area contributed by atoms with Crippen LogP contribution in [0.3, 0.4) is 0 Å². The van der Waals surface area contributed by atoms with Gasteiger partial charge < -0.3 is 9.80 Å². The van der Waals surface area contributed by atoms with Crippen LogP contribution >= 0.6 is 0 Å². The number of benzene rings is 1. The monoisotopic (exact) mass is 302 g/mol. The first-order valence-corrected chi connectivity index (χ1v) is 8.19. The third-order valence-electron chi connectivity index (χ3n) is 4.59. The Morgan fingerprint density at radius 1 is 1.23 bits per heavy atom. The Bertz CT molecular complexity index is 552. The van der Waals surface area contributed by atoms with Crippen molar-refractivity contribution < 1.29 is 9.18 Å². The van der Waals surface area contributed by atoms with Crippen LogP contribution in [0.5, 0.6) is 0 Å². The van der Waals surface area contributed by atoms with Crippen LogP contribution in [0, 0.1) is 5.82 Å². The number of carbonyl (C=O) groups excluding carboxylic acids is 1. The molecule has 1 amide bonds. The van der Waals surface area contributed by atoms with E-state index in [9.17, 15) is 9.18 Å². The van der Waals surface area contributed by atoms with E-state index in [1.165, 1.54) is 25.0 Å². The Kier molecular flexibility index (Phi) is 4.88. The summed E-state index contributed by atoms with van der Waals surface area (Å²) in [5.41, 5.74) is 0.726. The Labute approximate surface area is 131 Å². The van der Waals surface area contributed by atoms with Crippen molar-refractivity contribution in [2.24, 2.45) is 0 Å². The number of hydrogen-bond donors (Lipinski definition) is 0. The van der Waals surface area contributed by atoms with Crippen LogP contribution in [0.4, 0.5) is 4.39 Å². The lowest BCUT2D eigenvalue weighted by atomic mass is 10.2. The minimum atomic E-state index is -0.275. The van der Waals surface area contributed by atoms with Gasteiger partial charge in [-0.3, -0.25) is 4.79 Å². The van der Waals surface area contributed by atoms with Crippen LogP contribution in [0.25, 0.3) is 6.08 Å². The highest BCUT2D eigenvalue weighted by Crippen LogP contribution is 2.21. The molecule has 2 heterocycles. The van der Waals surface area contributed by atoms with Gasteiger partial charge in [-0.2, -0.15) is 0 Å². The smallest absolute Gasteiger partial charge is 0.246 e. The zero-order valence-corrected chi connectivity index (χ0v) is 12.9. The van der Waals surface area contributed by atoms with E-state index in [1.54, 1.807) is 24.3 Å². The molecule has 0 aromatic heterocycles. The summed E-state index contributed by atoms with van der Waals surface area (Å²) in [6.07, 6.45) is 8.02. The number of likely N-dealkylation sites (tertiary alicyclic amines) is 2. The van der Waals surface area contributed by atoms with Gasteiger partial charge in [0.05, 0.1) is 0 Å². The van der Waals surface area contributed by atoms with Gasteiger partial charge >= 0.3 is 0 Å². The van der Waals surface area contributed by atoms with Crippen molar-refractivity contribution >= 4 is 12.0 Å². The maximum Gasteiger partial charge on any atom is 0.246 e. The average Bonchev–Trinajstić information content (AvgIpc) is 3.17. The fourth-order valence-electron chi connectivity index (χ4n) is 3.45. The van der Waals surface area contributed by atoms with Crippen molar-refractivity contribution in [1.29, 1.82) is 0 Å². The largest absolute Gasteiger partial charge is 0.335 e. The Morgan fingerprint density at radius 2 is 2.05 bits per heavy atom. The van der Waals surface area contributed by atoms with E-state index in [2.05, 4.69) is 4.90 Å². The molecule has 0 radical (unpaired) electrons. The summed E-state index contributed by atoms with van der Waals surface area (Å²) in [6.45, 7) is 4.17. The molecule has 1 aromatic carbocycles. The Morgan fingerprint density at radius 3 is 2.82 bits per heavy atom. The van der Waals surface area contributed by atoms with Crippen LogP contribution < -0.4 is 0 Å². The molecule has 1 atom stereocenters. The highest BCUT2D eigenvalue weighted by Gasteiger charge is 2.29. The predicted octanol–water partition coefficient (Wildman–Crippen LogP) is 2.93. The molecule has 0 saturated carbocycles. The molecule has 0 spiro atoms. The summed E-state index contributed by atoms with van der Waals surface area (Å²) < 4.78 is 13.1. The average molecular weight is 302 g/mol. The van der Waals surface area contributed by atoms with Gasteiger partial charge in [0.25, 0.3) is 0 Å². The molecule has 2 aliphatic rings. The van der Waals surface area contributed by atoms with Gasteiger partial charge in [0.15, 0.2) is 0 Å². The molecular formula is C18H23FN2O. The van der Waals surface area contributed by atoms with Crippen molar-refractivity contribution in [1.82, 2.24) is 9.80 Å². The highest BCUT2D eigenvalue weighted by atomic mass is 19.1. The van der Waals surface area contributed by atoms with Crippen LogP contribution in [-0.4, -0.2) is 47.9 Å². The summed E-state index contributed by atoms with van der Waals surface area (Å²) in [7, 11) is 0. The van der Waals surface area contributed by atoms with Gasteiger partial charge in [0.1, 0.15) is 5.82 Å². The number of carbonyl (C=O) groups is 1. The van der Waals surface area contributed by atoms with E-state index in [-0.39, 0.29) is 11.7 Å². The minimum absolute atomic E-state index is 0.0472. The number of hydrogen-bond acceptors (Lipinski definition) is 2. The second kappa shape index (κ2) is 7.05. The van der Waals surface area contributed by atoms with Crippen molar-refractivity contribution in [2.75, 3.05) is 26.2 Å². The van der Waals surface area contributed by atoms with Crippen molar-refractivity contribution in [3.8, 4) is 0 Å². The maximum absolute atomic E-state index is 13.1. The second-order valence-corrected chi connectivity index (χ2v) is 6.22. The first kappa shape index (κ1) is 15.2. The zero-order chi connectivity index (χ0) is 15.4. The van der Waals surface area contributed by atoms with Gasteiger partial charge in [0.2, 0.25) is 5.91 Å². The predicted molar refractivity (Wildman–Crippen MR) is 85.8 cm³/mol. The minimum Gasteiger partial charge on any atom is -0.335 e. The Hall–Kier alpha value is -1.68. The van der Waals surface area contributed by atoms with Crippen molar-refractivity contribution in [2.45, 2.75) is 31.7 Å². The van der Waals surface area contributed by atoms with E-state index in [4.69, 9.17) is 0 Å². The molecule has 0 unspecified atom stereocenters. The highest BCUT2D eigenvalue weighted by molar-refractivity contribution is 5.92. The quantitative estimate of drug-likeness (QED) is 0.798. The Balaban J connectivity index is 1.60. The molecule has 2 fully saturated rings. The molecule has 118 valence electrons. The molecule has 2 saturated heterocycles. The lowest BCUT2D eigenvalue weighted by Crippen LogP contribution is -2.41. The number of halogens is 1. The van der Waals surface area contributed by atoms with E-state index in [1.807, 2.05) is 4.90 Å². The molecule has 3 nitrogen and oxygen atoms in total. The van der Waals surface area contributed by atoms with Crippen LogP contribution in [0.15, 0.2) is 30.3 Å². The van der Waals surface area contributed by atoms with Gasteiger partial charge in [-0.1, -0.05) is 12.1 Å². The van der Waals surface area contributed by atoms with Gasteiger partial charge in [-0.25, -0.2) is 4.39 Å². The molecule has 22 heavy (non-hydrogen) atoms. The molecular weight excluding hydrogens is 279 g/mol. The standard InChI is InChI=1S/C18H23FN2O/c19-16-6-3-5-15(13-16)8-9-18(22)21-12-4-7-17(21)14-20-10-1-2-11-20/h3,5-6,8-9,13,17H,1-2,4,7,10-12,14H2/b9-8+/t17-/m0/s1. The molecule has 2 aliphatic heterocycles. The maximum atomic E-state index is 13.1. The third-order valence-corrected chi connectivity index (χ3v) is 4.59. The van der Waals surface area contributed by atoms with Crippen LogP contribution in [0.1, 0.15) is 31.2 Å². The number of amides is 1. The summed E-state index contributed by atoms with van der Waals surface area (Å²) in [5, 5.41) is 0. The summed E-state index contributed by atoms with van der Waals surface area (Å²) in [6, 6.07) is 6.65. The first-order chi connectivity index (χ1) is 10.7. The summed E-state index contributed by atoms with van der Waals surface area (Å²) >= 11 is 0. The van der Waals surface area contributed by atoms with Crippen LogP contribution in [0.2, 0.25) is 0 Å². The molecule has 4 heteroatoms. The van der Waals surface area contributed by atoms with Crippen molar-refractivity contribution in [3.05, 3.63) is 41.7 Å². The molecule has 3 rings (SSSR count). The fraction of sp³-hybridized carbons (Fsp3) is 0.500. The molecule has 0 bridgehead atoms. The van der Waals surface area contributed by atoms with Gasteiger partial charge in [0, 0.05) is 25.2 Å². The molecule has 0 N–H and O–H groups in total. The van der Waals surface area contributed by atoms with Crippen LogP contribution in [-0.2, 0) is 4.79 Å². The topological polar surface area (TPSA) is 23.6 Å². The number of nitrogens with zero attached hydrogens (tertiary/aromatic N) is 2. The summed E-state index contributed by atoms with van der Waals surface area (Å²) in [5.74, 6) is -0.228. The van der Waals surface area contributed by atoms with E-state index in [0.29, 0.717) is 6.04 Å². The lowest BCUT2D eigenvalue weighted by molar-refractivity contribution is -0.127. The molecule has 1 aromatic rings. The van der Waals surface area contributed by atoms with Crippen molar-refractivity contribution in [3.63, 3.8) is 0 Å². The lowest BCUT2D eigenvalue weighted by Gasteiger charge is -2.27. The number of rotatable bonds is 4. The second-order valence-electron chi connectivity index (χ2n) is 6.22.